The van der Waals surface area contributed by atoms with Crippen LogP contribution in [-0.4, -0.2) is 10.2 Å². The average molecular weight is 297 g/mol. The van der Waals surface area contributed by atoms with Gasteiger partial charge in [0.25, 0.3) is 0 Å². The van der Waals surface area contributed by atoms with Crippen molar-refractivity contribution in [2.45, 2.75) is 6.92 Å². The molecule has 0 radical (unpaired) electrons. The molecular formula is C17H13F2N3. The molecule has 110 valence electrons. The second-order valence-electron chi connectivity index (χ2n) is 5.40. The molecule has 0 bridgehead atoms. The summed E-state index contributed by atoms with van der Waals surface area (Å²) in [5.74, 6) is -0.386. The van der Waals surface area contributed by atoms with Crippen molar-refractivity contribution in [1.82, 2.24) is 10.2 Å². The minimum absolute atomic E-state index is 0.0959. The van der Waals surface area contributed by atoms with E-state index >= 15 is 0 Å². The van der Waals surface area contributed by atoms with Crippen LogP contribution in [0, 0.1) is 18.6 Å². The molecule has 2 aromatic carbocycles. The Labute approximate surface area is 125 Å². The summed E-state index contributed by atoms with van der Waals surface area (Å²) in [6.07, 6.45) is 0. The maximum Gasteiger partial charge on any atom is 0.146 e. The number of hydrogen-bond donors (Lipinski definition) is 3. The van der Waals surface area contributed by atoms with Crippen LogP contribution in [0.5, 0.6) is 0 Å². The monoisotopic (exact) mass is 297 g/mol. The van der Waals surface area contributed by atoms with E-state index in [1.54, 1.807) is 0 Å². The second-order valence-corrected chi connectivity index (χ2v) is 5.40. The van der Waals surface area contributed by atoms with E-state index in [4.69, 9.17) is 0 Å². The summed E-state index contributed by atoms with van der Waals surface area (Å²) in [5, 5.41) is 11.2. The normalized spacial score (nSPS) is 11.4. The lowest BCUT2D eigenvalue weighted by Gasteiger charge is -2.06. The summed E-state index contributed by atoms with van der Waals surface area (Å²) in [4.78, 5) is 0. The SMILES string of the molecule is Cc1ccc2cc3c(Nc4cc(F)ccc4F)[nH][nH]c-3c2c1. The van der Waals surface area contributed by atoms with Gasteiger partial charge in [0.1, 0.15) is 17.5 Å². The Hall–Kier alpha value is -2.82. The molecule has 0 aromatic heterocycles. The van der Waals surface area contributed by atoms with Crippen molar-refractivity contribution in [2.24, 2.45) is 0 Å². The predicted octanol–water partition coefficient (Wildman–Crippen LogP) is 4.93. The number of H-pyrrole nitrogens is 2. The van der Waals surface area contributed by atoms with E-state index in [2.05, 4.69) is 21.6 Å². The molecule has 0 saturated carbocycles. The van der Waals surface area contributed by atoms with Gasteiger partial charge in [0, 0.05) is 17.0 Å². The number of aryl methyl sites for hydroxylation is 1. The molecule has 0 saturated heterocycles. The third kappa shape index (κ3) is 1.94. The van der Waals surface area contributed by atoms with E-state index in [9.17, 15) is 8.78 Å². The van der Waals surface area contributed by atoms with Gasteiger partial charge >= 0.3 is 0 Å². The van der Waals surface area contributed by atoms with Crippen LogP contribution in [0.4, 0.5) is 20.3 Å². The lowest BCUT2D eigenvalue weighted by molar-refractivity contribution is 0.603. The molecule has 1 aliphatic heterocycles. The highest BCUT2D eigenvalue weighted by Crippen LogP contribution is 2.38. The molecule has 0 spiro atoms. The topological polar surface area (TPSA) is 43.6 Å². The third-order valence-electron chi connectivity index (χ3n) is 3.82. The van der Waals surface area contributed by atoms with E-state index in [1.165, 1.54) is 5.56 Å². The number of benzene rings is 2. The number of halogens is 2. The van der Waals surface area contributed by atoms with Crippen LogP contribution < -0.4 is 5.32 Å². The molecule has 2 aliphatic rings. The van der Waals surface area contributed by atoms with Gasteiger partial charge in [-0.25, -0.2) is 8.78 Å². The zero-order chi connectivity index (χ0) is 15.3. The molecular weight excluding hydrogens is 284 g/mol. The summed E-state index contributed by atoms with van der Waals surface area (Å²) in [6.45, 7) is 2.03. The predicted molar refractivity (Wildman–Crippen MR) is 83.6 cm³/mol. The smallest absolute Gasteiger partial charge is 0.146 e. The maximum absolute atomic E-state index is 13.8. The average Bonchev–Trinajstić information content (AvgIpc) is 3.03. The van der Waals surface area contributed by atoms with Crippen LogP contribution in [0.3, 0.4) is 0 Å². The first-order chi connectivity index (χ1) is 10.6. The summed E-state index contributed by atoms with van der Waals surface area (Å²) in [7, 11) is 0. The van der Waals surface area contributed by atoms with Gasteiger partial charge < -0.3 is 5.32 Å². The fourth-order valence-electron chi connectivity index (χ4n) is 2.74. The summed E-state index contributed by atoms with van der Waals surface area (Å²) in [5.41, 5.74) is 3.11. The molecule has 0 atom stereocenters. The van der Waals surface area contributed by atoms with Crippen LogP contribution in [0.15, 0.2) is 42.5 Å². The number of nitrogens with one attached hydrogen (secondary N) is 3. The Kier molecular flexibility index (Phi) is 2.69. The van der Waals surface area contributed by atoms with E-state index in [1.807, 2.05) is 25.1 Å². The Morgan fingerprint density at radius 3 is 2.68 bits per heavy atom. The molecule has 1 aliphatic carbocycles. The van der Waals surface area contributed by atoms with E-state index < -0.39 is 11.6 Å². The Morgan fingerprint density at radius 1 is 0.955 bits per heavy atom. The second kappa shape index (κ2) is 4.59. The number of anilines is 2. The highest BCUT2D eigenvalue weighted by atomic mass is 19.1. The molecule has 3 N–H and O–H groups in total. The lowest BCUT2D eigenvalue weighted by atomic mass is 10.1. The van der Waals surface area contributed by atoms with Crippen LogP contribution in [-0.2, 0) is 0 Å². The van der Waals surface area contributed by atoms with Crippen LogP contribution in [0.2, 0.25) is 0 Å². The molecule has 3 nitrogen and oxygen atoms in total. The quantitative estimate of drug-likeness (QED) is 0.482. The van der Waals surface area contributed by atoms with Gasteiger partial charge in [-0.1, -0.05) is 17.7 Å². The standard InChI is InChI=1S/C17H13F2N3/c1-9-2-3-10-7-13-16(12(10)6-9)21-22-17(13)20-15-8-11(18)4-5-14(15)19/h2-8,20-22H,1H3. The van der Waals surface area contributed by atoms with Crippen molar-refractivity contribution in [3.63, 3.8) is 0 Å². The minimum atomic E-state index is -0.504. The molecule has 0 fully saturated rings. The Balaban J connectivity index is 1.80. The number of aromatic nitrogens is 2. The van der Waals surface area contributed by atoms with E-state index in [0.29, 0.717) is 5.82 Å². The summed E-state index contributed by atoms with van der Waals surface area (Å²) in [6, 6.07) is 11.5. The van der Waals surface area contributed by atoms with Crippen LogP contribution >= 0.6 is 0 Å². The maximum atomic E-state index is 13.8. The minimum Gasteiger partial charge on any atom is -0.338 e. The van der Waals surface area contributed by atoms with Gasteiger partial charge in [-0.3, -0.25) is 10.2 Å². The molecule has 0 unspecified atom stereocenters. The van der Waals surface area contributed by atoms with Gasteiger partial charge in [0.15, 0.2) is 0 Å². The zero-order valence-corrected chi connectivity index (χ0v) is 11.8. The summed E-state index contributed by atoms with van der Waals surface area (Å²) >= 11 is 0. The fraction of sp³-hybridized carbons (Fsp3) is 0.0588. The van der Waals surface area contributed by atoms with Crippen molar-refractivity contribution in [2.75, 3.05) is 5.32 Å². The Morgan fingerprint density at radius 2 is 1.82 bits per heavy atom. The summed E-state index contributed by atoms with van der Waals surface area (Å²) < 4.78 is 27.0. The first-order valence-corrected chi connectivity index (χ1v) is 6.93. The van der Waals surface area contributed by atoms with Crippen LogP contribution in [0.1, 0.15) is 5.56 Å². The van der Waals surface area contributed by atoms with Crippen molar-refractivity contribution >= 4 is 22.3 Å². The Bertz CT molecular complexity index is 952. The molecule has 1 heterocycles. The van der Waals surface area contributed by atoms with Gasteiger partial charge in [-0.15, -0.1) is 0 Å². The number of fused-ring (bicyclic) bond motifs is 3. The zero-order valence-electron chi connectivity index (χ0n) is 11.8. The van der Waals surface area contributed by atoms with Gasteiger partial charge in [-0.2, -0.15) is 0 Å². The molecule has 4 rings (SSSR count). The van der Waals surface area contributed by atoms with Crippen LogP contribution in [0.25, 0.3) is 22.0 Å². The van der Waals surface area contributed by atoms with Crippen molar-refractivity contribution in [3.8, 4) is 11.3 Å². The highest BCUT2D eigenvalue weighted by Gasteiger charge is 2.17. The molecule has 5 heteroatoms. The third-order valence-corrected chi connectivity index (χ3v) is 3.82. The van der Waals surface area contributed by atoms with Gasteiger partial charge in [0.2, 0.25) is 0 Å². The largest absolute Gasteiger partial charge is 0.338 e. The number of hydrogen-bond acceptors (Lipinski definition) is 1. The van der Waals surface area contributed by atoms with Crippen molar-refractivity contribution in [1.29, 1.82) is 0 Å². The molecule has 0 amide bonds. The highest BCUT2D eigenvalue weighted by molar-refractivity contribution is 6.04. The van der Waals surface area contributed by atoms with Gasteiger partial charge in [-0.05, 0) is 36.6 Å². The molecule has 2 aromatic rings. The first kappa shape index (κ1) is 12.9. The van der Waals surface area contributed by atoms with E-state index in [0.717, 1.165) is 40.2 Å². The number of aromatic amines is 2. The van der Waals surface area contributed by atoms with Crippen molar-refractivity contribution < 1.29 is 8.78 Å². The number of rotatable bonds is 2. The first-order valence-electron chi connectivity index (χ1n) is 6.93. The van der Waals surface area contributed by atoms with E-state index in [-0.39, 0.29) is 5.69 Å². The van der Waals surface area contributed by atoms with Crippen molar-refractivity contribution in [3.05, 3.63) is 59.7 Å². The molecule has 22 heavy (non-hydrogen) atoms. The fourth-order valence-corrected chi connectivity index (χ4v) is 2.74. The van der Waals surface area contributed by atoms with Gasteiger partial charge in [0.05, 0.1) is 11.4 Å². The lowest BCUT2D eigenvalue weighted by Crippen LogP contribution is -1.95.